The maximum atomic E-state index is 11.7. The highest BCUT2D eigenvalue weighted by molar-refractivity contribution is 5.90. The Bertz CT molecular complexity index is 670. The van der Waals surface area contributed by atoms with Crippen molar-refractivity contribution < 1.29 is 23.8 Å². The van der Waals surface area contributed by atoms with E-state index in [4.69, 9.17) is 13.9 Å². The molecule has 0 amide bonds. The quantitative estimate of drug-likeness (QED) is 0.641. The topological polar surface area (TPSA) is 86.0 Å². The van der Waals surface area contributed by atoms with Crippen LogP contribution in [0.5, 0.6) is 17.2 Å². The number of rotatable bonds is 2. The van der Waals surface area contributed by atoms with Crippen LogP contribution < -0.4 is 15.1 Å². The lowest BCUT2D eigenvalue weighted by Crippen LogP contribution is -2.12. The van der Waals surface area contributed by atoms with Gasteiger partial charge in [-0.05, 0) is 12.1 Å². The predicted molar refractivity (Wildman–Crippen MR) is 62.0 cm³/mol. The van der Waals surface area contributed by atoms with Crippen LogP contribution in [0.4, 0.5) is 0 Å². The lowest BCUT2D eigenvalue weighted by molar-refractivity contribution is -0.132. The van der Waals surface area contributed by atoms with Gasteiger partial charge in [-0.25, -0.2) is 4.79 Å². The molecule has 0 aliphatic carbocycles. The minimum absolute atomic E-state index is 0.0183. The normalized spacial score (nSPS) is 10.3. The van der Waals surface area contributed by atoms with Crippen molar-refractivity contribution in [2.24, 2.45) is 0 Å². The van der Waals surface area contributed by atoms with Gasteiger partial charge in [0, 0.05) is 6.92 Å². The molecule has 1 aromatic carbocycles. The zero-order valence-electron chi connectivity index (χ0n) is 9.72. The number of carbonyl (C=O) groups is 1. The summed E-state index contributed by atoms with van der Waals surface area (Å²) in [6.07, 6.45) is 0. The molecule has 0 fully saturated rings. The number of hydrogen-bond acceptors (Lipinski definition) is 6. The second-order valence-electron chi connectivity index (χ2n) is 3.50. The number of para-hydroxylation sites is 1. The summed E-state index contributed by atoms with van der Waals surface area (Å²) in [7, 11) is 1.32. The summed E-state index contributed by atoms with van der Waals surface area (Å²) >= 11 is 0. The van der Waals surface area contributed by atoms with E-state index < -0.39 is 11.6 Å². The molecule has 6 nitrogen and oxygen atoms in total. The molecule has 1 heterocycles. The van der Waals surface area contributed by atoms with Crippen LogP contribution in [-0.2, 0) is 4.79 Å². The van der Waals surface area contributed by atoms with Crippen LogP contribution in [0.2, 0.25) is 0 Å². The van der Waals surface area contributed by atoms with Crippen molar-refractivity contribution in [3.63, 3.8) is 0 Å². The van der Waals surface area contributed by atoms with E-state index in [1.807, 2.05) is 0 Å². The molecular weight excluding hydrogens is 240 g/mol. The second-order valence-corrected chi connectivity index (χ2v) is 3.50. The Hall–Kier alpha value is -2.50. The van der Waals surface area contributed by atoms with Crippen LogP contribution in [0.3, 0.4) is 0 Å². The average molecular weight is 250 g/mol. The van der Waals surface area contributed by atoms with E-state index in [1.54, 1.807) is 12.1 Å². The fraction of sp³-hybridized carbons (Fsp3) is 0.167. The monoisotopic (exact) mass is 250 g/mol. The fourth-order valence-electron chi connectivity index (χ4n) is 1.60. The van der Waals surface area contributed by atoms with Gasteiger partial charge in [0.05, 0.1) is 12.5 Å². The van der Waals surface area contributed by atoms with E-state index in [-0.39, 0.29) is 22.8 Å². The number of aromatic hydroxyl groups is 1. The first-order valence-electron chi connectivity index (χ1n) is 5.05. The highest BCUT2D eigenvalue weighted by Crippen LogP contribution is 2.35. The van der Waals surface area contributed by atoms with Crippen LogP contribution in [-0.4, -0.2) is 18.2 Å². The summed E-state index contributed by atoms with van der Waals surface area (Å²) in [6, 6.07) is 4.50. The number of ether oxygens (including phenoxy) is 2. The van der Waals surface area contributed by atoms with Crippen molar-refractivity contribution in [1.82, 2.24) is 0 Å². The predicted octanol–water partition coefficient (Wildman–Crippen LogP) is 1.43. The van der Waals surface area contributed by atoms with Gasteiger partial charge in [0.15, 0.2) is 17.1 Å². The molecule has 0 unspecified atom stereocenters. The Kier molecular flexibility index (Phi) is 2.93. The fourth-order valence-corrected chi connectivity index (χ4v) is 1.60. The zero-order chi connectivity index (χ0) is 13.3. The van der Waals surface area contributed by atoms with Gasteiger partial charge in [0.25, 0.3) is 5.75 Å². The third-order valence-electron chi connectivity index (χ3n) is 2.28. The van der Waals surface area contributed by atoms with Crippen LogP contribution in [0.25, 0.3) is 11.0 Å². The van der Waals surface area contributed by atoms with Gasteiger partial charge in [-0.3, -0.25) is 4.79 Å². The SMILES string of the molecule is COc1c(OC(C)=O)c(=O)oc2c(O)cccc12. The van der Waals surface area contributed by atoms with Gasteiger partial charge in [-0.15, -0.1) is 0 Å². The first-order chi connectivity index (χ1) is 8.54. The summed E-state index contributed by atoms with van der Waals surface area (Å²) in [5, 5.41) is 9.93. The summed E-state index contributed by atoms with van der Waals surface area (Å²) in [5.41, 5.74) is -0.911. The first kappa shape index (κ1) is 12.0. The summed E-state index contributed by atoms with van der Waals surface area (Å²) in [5.74, 6) is -1.15. The molecule has 18 heavy (non-hydrogen) atoms. The minimum Gasteiger partial charge on any atom is -0.504 e. The molecule has 0 aliphatic heterocycles. The first-order valence-corrected chi connectivity index (χ1v) is 5.05. The molecule has 0 aliphatic rings. The van der Waals surface area contributed by atoms with Crippen molar-refractivity contribution in [3.05, 3.63) is 28.6 Å². The van der Waals surface area contributed by atoms with Crippen molar-refractivity contribution in [2.45, 2.75) is 6.92 Å². The number of fused-ring (bicyclic) bond motifs is 1. The van der Waals surface area contributed by atoms with Gasteiger partial charge < -0.3 is 19.0 Å². The van der Waals surface area contributed by atoms with Gasteiger partial charge in [-0.2, -0.15) is 0 Å². The number of hydrogen-bond donors (Lipinski definition) is 1. The standard InChI is InChI=1S/C12H10O6/c1-6(13)17-11-10(16-2)7-4-3-5-8(14)9(7)18-12(11)15/h3-5,14H,1-2H3. The average Bonchev–Trinajstić information content (AvgIpc) is 2.31. The summed E-state index contributed by atoms with van der Waals surface area (Å²) in [6.45, 7) is 1.16. The van der Waals surface area contributed by atoms with E-state index in [2.05, 4.69) is 0 Å². The molecule has 0 radical (unpaired) electrons. The Morgan fingerprint density at radius 3 is 2.67 bits per heavy atom. The van der Waals surface area contributed by atoms with E-state index in [9.17, 15) is 14.7 Å². The number of methoxy groups -OCH3 is 1. The van der Waals surface area contributed by atoms with Gasteiger partial charge in [0.1, 0.15) is 0 Å². The Morgan fingerprint density at radius 1 is 1.33 bits per heavy atom. The Labute approximate surface area is 101 Å². The number of phenolic OH excluding ortho intramolecular Hbond substituents is 1. The number of esters is 1. The maximum absolute atomic E-state index is 11.7. The van der Waals surface area contributed by atoms with Crippen LogP contribution in [0.1, 0.15) is 6.92 Å². The molecule has 0 saturated carbocycles. The molecule has 0 atom stereocenters. The largest absolute Gasteiger partial charge is 0.504 e. The third-order valence-corrected chi connectivity index (χ3v) is 2.28. The van der Waals surface area contributed by atoms with Gasteiger partial charge >= 0.3 is 11.6 Å². The molecule has 94 valence electrons. The molecule has 6 heteroatoms. The smallest absolute Gasteiger partial charge is 0.383 e. The lowest BCUT2D eigenvalue weighted by atomic mass is 10.2. The van der Waals surface area contributed by atoms with E-state index in [0.29, 0.717) is 5.39 Å². The molecule has 1 N–H and O–H groups in total. The molecule has 1 aromatic heterocycles. The number of phenols is 1. The maximum Gasteiger partial charge on any atom is 0.383 e. The van der Waals surface area contributed by atoms with Crippen molar-refractivity contribution in [2.75, 3.05) is 7.11 Å². The van der Waals surface area contributed by atoms with Crippen molar-refractivity contribution >= 4 is 16.9 Å². The van der Waals surface area contributed by atoms with Crippen LogP contribution >= 0.6 is 0 Å². The van der Waals surface area contributed by atoms with Crippen LogP contribution in [0.15, 0.2) is 27.4 Å². The molecule has 0 saturated heterocycles. The summed E-state index contributed by atoms with van der Waals surface area (Å²) < 4.78 is 14.7. The second kappa shape index (κ2) is 4.40. The van der Waals surface area contributed by atoms with E-state index in [1.165, 1.54) is 13.2 Å². The van der Waals surface area contributed by atoms with Gasteiger partial charge in [0.2, 0.25) is 0 Å². The lowest BCUT2D eigenvalue weighted by Gasteiger charge is -2.09. The van der Waals surface area contributed by atoms with Crippen LogP contribution in [0, 0.1) is 0 Å². The summed E-state index contributed by atoms with van der Waals surface area (Å²) in [4.78, 5) is 22.6. The number of benzene rings is 1. The van der Waals surface area contributed by atoms with Crippen molar-refractivity contribution in [1.29, 1.82) is 0 Å². The van der Waals surface area contributed by atoms with E-state index >= 15 is 0 Å². The van der Waals surface area contributed by atoms with Gasteiger partial charge in [-0.1, -0.05) is 6.07 Å². The third kappa shape index (κ3) is 1.88. The molecule has 2 aromatic rings. The molecular formula is C12H10O6. The molecule has 0 spiro atoms. The highest BCUT2D eigenvalue weighted by Gasteiger charge is 2.19. The molecule has 2 rings (SSSR count). The Balaban J connectivity index is 2.84. The molecule has 0 bridgehead atoms. The Morgan fingerprint density at radius 2 is 2.06 bits per heavy atom. The number of carbonyl (C=O) groups excluding carboxylic acids is 1. The highest BCUT2D eigenvalue weighted by atomic mass is 16.6. The zero-order valence-corrected chi connectivity index (χ0v) is 9.72. The van der Waals surface area contributed by atoms with Crippen molar-refractivity contribution in [3.8, 4) is 17.2 Å². The minimum atomic E-state index is -0.893. The van der Waals surface area contributed by atoms with E-state index in [0.717, 1.165) is 6.92 Å².